The van der Waals surface area contributed by atoms with Crippen LogP contribution in [0.15, 0.2) is 53.4 Å². The highest BCUT2D eigenvalue weighted by molar-refractivity contribution is 7.93. The smallest absolute Gasteiger partial charge is 0.246 e. The highest BCUT2D eigenvalue weighted by Crippen LogP contribution is 2.41. The summed E-state index contributed by atoms with van der Waals surface area (Å²) in [7, 11) is -3.85. The molecule has 2 aliphatic rings. The van der Waals surface area contributed by atoms with E-state index in [2.05, 4.69) is 10.2 Å². The molecule has 8 heteroatoms. The van der Waals surface area contributed by atoms with E-state index in [1.807, 2.05) is 24.3 Å². The van der Waals surface area contributed by atoms with Crippen LogP contribution in [0.3, 0.4) is 0 Å². The first-order chi connectivity index (χ1) is 14.4. The molecule has 1 heterocycles. The summed E-state index contributed by atoms with van der Waals surface area (Å²) in [5.74, 6) is -0.464. The molecule has 0 bridgehead atoms. The summed E-state index contributed by atoms with van der Waals surface area (Å²) in [6, 6.07) is 13.6. The summed E-state index contributed by atoms with van der Waals surface area (Å²) >= 11 is 5.91. The molecule has 1 aliphatic heterocycles. The standard InChI is InChI=1S/C22H25ClN2O4S/c23-17-3-9-20(10-4-17)30(27,28)22(11-1-2-12-22)21(26)24-18-5-7-19(8-6-18)25-13-15-29-16-14-25/h3-10H,1-2,11-16H2,(H,24,26). The average molecular weight is 449 g/mol. The molecule has 1 amide bonds. The van der Waals surface area contributed by atoms with E-state index in [1.165, 1.54) is 12.1 Å². The molecule has 160 valence electrons. The summed E-state index contributed by atoms with van der Waals surface area (Å²) in [6.45, 7) is 3.05. The molecule has 2 aromatic carbocycles. The number of amides is 1. The minimum Gasteiger partial charge on any atom is -0.378 e. The zero-order valence-electron chi connectivity index (χ0n) is 16.6. The molecular formula is C22H25ClN2O4S. The second kappa shape index (κ2) is 8.57. The lowest BCUT2D eigenvalue weighted by Gasteiger charge is -2.29. The number of ether oxygens (including phenoxy) is 1. The average Bonchev–Trinajstić information content (AvgIpc) is 3.27. The fourth-order valence-corrected chi connectivity index (χ4v) is 6.42. The number of carbonyl (C=O) groups excluding carboxylic acids is 1. The molecule has 2 fully saturated rings. The van der Waals surface area contributed by atoms with Gasteiger partial charge in [-0.2, -0.15) is 0 Å². The molecule has 0 radical (unpaired) electrons. The highest BCUT2D eigenvalue weighted by Gasteiger charge is 2.52. The Labute approximate surface area is 182 Å². The van der Waals surface area contributed by atoms with Crippen LogP contribution >= 0.6 is 11.6 Å². The van der Waals surface area contributed by atoms with Gasteiger partial charge in [-0.25, -0.2) is 8.42 Å². The molecule has 0 aromatic heterocycles. The molecule has 1 N–H and O–H groups in total. The van der Waals surface area contributed by atoms with Gasteiger partial charge in [-0.05, 0) is 61.4 Å². The van der Waals surface area contributed by atoms with Crippen LogP contribution in [0.4, 0.5) is 11.4 Å². The quantitative estimate of drug-likeness (QED) is 0.750. The van der Waals surface area contributed by atoms with Crippen molar-refractivity contribution in [1.82, 2.24) is 0 Å². The van der Waals surface area contributed by atoms with Crippen molar-refractivity contribution in [3.05, 3.63) is 53.6 Å². The van der Waals surface area contributed by atoms with Gasteiger partial charge in [0.1, 0.15) is 0 Å². The van der Waals surface area contributed by atoms with E-state index in [9.17, 15) is 13.2 Å². The molecule has 0 spiro atoms. The highest BCUT2D eigenvalue weighted by atomic mass is 35.5. The van der Waals surface area contributed by atoms with E-state index >= 15 is 0 Å². The lowest BCUT2D eigenvalue weighted by molar-refractivity contribution is -0.118. The molecule has 30 heavy (non-hydrogen) atoms. The Kier molecular flexibility index (Phi) is 6.04. The van der Waals surface area contributed by atoms with E-state index < -0.39 is 20.5 Å². The van der Waals surface area contributed by atoms with Crippen molar-refractivity contribution >= 4 is 38.7 Å². The van der Waals surface area contributed by atoms with Gasteiger partial charge >= 0.3 is 0 Å². The van der Waals surface area contributed by atoms with Crippen molar-refractivity contribution in [2.45, 2.75) is 35.3 Å². The number of nitrogens with zero attached hydrogens (tertiary/aromatic N) is 1. The van der Waals surface area contributed by atoms with E-state index in [-0.39, 0.29) is 4.90 Å². The first-order valence-corrected chi connectivity index (χ1v) is 12.0. The Hall–Kier alpha value is -2.09. The van der Waals surface area contributed by atoms with Gasteiger partial charge in [0.05, 0.1) is 18.1 Å². The zero-order chi connectivity index (χ0) is 21.2. The molecule has 1 saturated heterocycles. The van der Waals surface area contributed by atoms with Gasteiger partial charge in [-0.3, -0.25) is 4.79 Å². The molecular weight excluding hydrogens is 424 g/mol. The van der Waals surface area contributed by atoms with E-state index in [0.717, 1.165) is 18.8 Å². The van der Waals surface area contributed by atoms with Crippen molar-refractivity contribution in [2.24, 2.45) is 0 Å². The third-order valence-corrected chi connectivity index (χ3v) is 8.73. The predicted molar refractivity (Wildman–Crippen MR) is 118 cm³/mol. The van der Waals surface area contributed by atoms with Crippen LogP contribution in [-0.4, -0.2) is 45.4 Å². The third-order valence-electron chi connectivity index (χ3n) is 5.96. The Bertz CT molecular complexity index is 994. The molecule has 1 aliphatic carbocycles. The summed E-state index contributed by atoms with van der Waals surface area (Å²) in [5, 5.41) is 3.31. The van der Waals surface area contributed by atoms with Gasteiger partial charge in [0, 0.05) is 29.5 Å². The number of rotatable bonds is 5. The number of morpholine rings is 1. The number of hydrogen-bond donors (Lipinski definition) is 1. The topological polar surface area (TPSA) is 75.7 Å². The lowest BCUT2D eigenvalue weighted by atomic mass is 10.1. The number of nitrogens with one attached hydrogen (secondary N) is 1. The van der Waals surface area contributed by atoms with Gasteiger partial charge in [0.15, 0.2) is 14.6 Å². The van der Waals surface area contributed by atoms with Gasteiger partial charge in [-0.1, -0.05) is 24.4 Å². The number of sulfone groups is 1. The lowest BCUT2D eigenvalue weighted by Crippen LogP contribution is -2.47. The van der Waals surface area contributed by atoms with Crippen molar-refractivity contribution in [1.29, 1.82) is 0 Å². The van der Waals surface area contributed by atoms with Crippen LogP contribution in [0.25, 0.3) is 0 Å². The van der Waals surface area contributed by atoms with Gasteiger partial charge in [0.25, 0.3) is 0 Å². The molecule has 4 rings (SSSR count). The largest absolute Gasteiger partial charge is 0.378 e. The zero-order valence-corrected chi connectivity index (χ0v) is 18.2. The number of hydrogen-bond acceptors (Lipinski definition) is 5. The van der Waals surface area contributed by atoms with Crippen LogP contribution in [0.2, 0.25) is 5.02 Å². The minimum absolute atomic E-state index is 0.131. The second-order valence-electron chi connectivity index (χ2n) is 7.76. The summed E-state index contributed by atoms with van der Waals surface area (Å²) in [4.78, 5) is 15.6. The number of benzene rings is 2. The fourth-order valence-electron chi connectivity index (χ4n) is 4.23. The van der Waals surface area contributed by atoms with Gasteiger partial charge in [0.2, 0.25) is 5.91 Å². The minimum atomic E-state index is -3.85. The molecule has 1 saturated carbocycles. The first-order valence-electron chi connectivity index (χ1n) is 10.2. The number of anilines is 2. The summed E-state index contributed by atoms with van der Waals surface area (Å²) < 4.78 is 30.8. The summed E-state index contributed by atoms with van der Waals surface area (Å²) in [6.07, 6.45) is 2.04. The van der Waals surface area contributed by atoms with Crippen molar-refractivity contribution in [3.63, 3.8) is 0 Å². The van der Waals surface area contributed by atoms with Crippen LogP contribution in [-0.2, 0) is 19.4 Å². The maximum absolute atomic E-state index is 13.4. The molecule has 6 nitrogen and oxygen atoms in total. The van der Waals surface area contributed by atoms with E-state index in [4.69, 9.17) is 16.3 Å². The van der Waals surface area contributed by atoms with E-state index in [0.29, 0.717) is 49.6 Å². The molecule has 2 aromatic rings. The number of carbonyl (C=O) groups is 1. The predicted octanol–water partition coefficient (Wildman–Crippen LogP) is 3.90. The Morgan fingerprint density at radius 3 is 2.17 bits per heavy atom. The Morgan fingerprint density at radius 1 is 0.967 bits per heavy atom. The van der Waals surface area contributed by atoms with Gasteiger partial charge in [-0.15, -0.1) is 0 Å². The van der Waals surface area contributed by atoms with Crippen LogP contribution in [0.1, 0.15) is 25.7 Å². The van der Waals surface area contributed by atoms with Crippen molar-refractivity contribution in [3.8, 4) is 0 Å². The van der Waals surface area contributed by atoms with Crippen LogP contribution in [0.5, 0.6) is 0 Å². The first kappa shape index (κ1) is 21.2. The Morgan fingerprint density at radius 2 is 1.57 bits per heavy atom. The monoisotopic (exact) mass is 448 g/mol. The molecule has 0 unspecified atom stereocenters. The van der Waals surface area contributed by atoms with Crippen LogP contribution in [0, 0.1) is 0 Å². The maximum atomic E-state index is 13.4. The second-order valence-corrected chi connectivity index (χ2v) is 10.5. The van der Waals surface area contributed by atoms with Gasteiger partial charge < -0.3 is 15.0 Å². The van der Waals surface area contributed by atoms with Crippen molar-refractivity contribution < 1.29 is 17.9 Å². The maximum Gasteiger partial charge on any atom is 0.246 e. The third kappa shape index (κ3) is 3.94. The normalized spacial score (nSPS) is 18.9. The summed E-state index contributed by atoms with van der Waals surface area (Å²) in [5.41, 5.74) is 1.65. The van der Waals surface area contributed by atoms with Crippen molar-refractivity contribution in [2.75, 3.05) is 36.5 Å². The number of halogens is 1. The molecule has 0 atom stereocenters. The van der Waals surface area contributed by atoms with Crippen LogP contribution < -0.4 is 10.2 Å². The van der Waals surface area contributed by atoms with E-state index in [1.54, 1.807) is 12.1 Å². The fraction of sp³-hybridized carbons (Fsp3) is 0.409. The SMILES string of the molecule is O=C(Nc1ccc(N2CCOCC2)cc1)C1(S(=O)(=O)c2ccc(Cl)cc2)CCCC1. The Balaban J connectivity index is 1.56.